The Labute approximate surface area is 142 Å². The Morgan fingerprint density at radius 1 is 1.12 bits per heavy atom. The van der Waals surface area contributed by atoms with Gasteiger partial charge in [-0.3, -0.25) is 0 Å². The first-order valence-electron chi connectivity index (χ1n) is 7.97. The van der Waals surface area contributed by atoms with Crippen LogP contribution < -0.4 is 14.8 Å². The van der Waals surface area contributed by atoms with Gasteiger partial charge in [-0.1, -0.05) is 30.3 Å². The van der Waals surface area contributed by atoms with Crippen molar-refractivity contribution < 1.29 is 14.3 Å². The first-order chi connectivity index (χ1) is 11.7. The number of methoxy groups -OCH3 is 2. The summed E-state index contributed by atoms with van der Waals surface area (Å²) in [5, 5.41) is 2.75. The van der Waals surface area contributed by atoms with E-state index in [4.69, 9.17) is 9.47 Å². The average molecular weight is 326 g/mol. The quantitative estimate of drug-likeness (QED) is 0.943. The summed E-state index contributed by atoms with van der Waals surface area (Å²) in [6.45, 7) is 0.654. The van der Waals surface area contributed by atoms with Crippen molar-refractivity contribution in [1.82, 2.24) is 10.2 Å². The standard InChI is InChI=1S/C19H22N2O3/c1-20-19(22)21-10-9-14-11-16(23-2)17(24-3)12-15(14)18(21)13-7-5-4-6-8-13/h4-8,11-12,18H,9-10H2,1-3H3,(H,20,22)/t18-/m0/s1. The van der Waals surface area contributed by atoms with Gasteiger partial charge < -0.3 is 19.7 Å². The molecule has 2 aromatic carbocycles. The molecular formula is C19H22N2O3. The molecule has 0 fully saturated rings. The van der Waals surface area contributed by atoms with Crippen LogP contribution in [0.4, 0.5) is 4.79 Å². The number of rotatable bonds is 3. The number of fused-ring (bicyclic) bond motifs is 1. The van der Waals surface area contributed by atoms with Crippen LogP contribution in [0.15, 0.2) is 42.5 Å². The Morgan fingerprint density at radius 2 is 1.79 bits per heavy atom. The first kappa shape index (κ1) is 16.2. The van der Waals surface area contributed by atoms with Crippen molar-refractivity contribution in [2.24, 2.45) is 0 Å². The summed E-state index contributed by atoms with van der Waals surface area (Å²) in [6, 6.07) is 13.8. The van der Waals surface area contributed by atoms with Crippen molar-refractivity contribution in [2.45, 2.75) is 12.5 Å². The van der Waals surface area contributed by atoms with Gasteiger partial charge in [-0.15, -0.1) is 0 Å². The van der Waals surface area contributed by atoms with Crippen LogP contribution >= 0.6 is 0 Å². The van der Waals surface area contributed by atoms with Crippen molar-refractivity contribution in [3.05, 3.63) is 59.2 Å². The molecule has 0 aliphatic carbocycles. The third kappa shape index (κ3) is 2.77. The number of carbonyl (C=O) groups is 1. The Balaban J connectivity index is 2.15. The molecule has 2 aromatic rings. The number of hydrogen-bond acceptors (Lipinski definition) is 3. The van der Waals surface area contributed by atoms with Crippen LogP contribution in [0.5, 0.6) is 11.5 Å². The normalized spacial score (nSPS) is 16.3. The lowest BCUT2D eigenvalue weighted by Crippen LogP contribution is -2.44. The molecule has 1 N–H and O–H groups in total. The van der Waals surface area contributed by atoms with Gasteiger partial charge in [-0.2, -0.15) is 0 Å². The van der Waals surface area contributed by atoms with E-state index in [2.05, 4.69) is 5.32 Å². The van der Waals surface area contributed by atoms with Crippen LogP contribution in [0.1, 0.15) is 22.7 Å². The lowest BCUT2D eigenvalue weighted by molar-refractivity contribution is 0.182. The molecule has 5 heteroatoms. The summed E-state index contributed by atoms with van der Waals surface area (Å²) in [5.41, 5.74) is 3.34. The van der Waals surface area contributed by atoms with Gasteiger partial charge in [0, 0.05) is 13.6 Å². The fourth-order valence-electron chi connectivity index (χ4n) is 3.30. The van der Waals surface area contributed by atoms with Crippen LogP contribution in [-0.2, 0) is 6.42 Å². The number of nitrogens with one attached hydrogen (secondary N) is 1. The minimum atomic E-state index is -0.144. The Bertz CT molecular complexity index is 731. The lowest BCUT2D eigenvalue weighted by Gasteiger charge is -2.37. The third-order valence-corrected chi connectivity index (χ3v) is 4.46. The molecule has 0 spiro atoms. The molecule has 1 heterocycles. The van der Waals surface area contributed by atoms with Crippen molar-refractivity contribution in [1.29, 1.82) is 0 Å². The highest BCUT2D eigenvalue weighted by molar-refractivity contribution is 5.76. The van der Waals surface area contributed by atoms with Gasteiger partial charge in [0.25, 0.3) is 0 Å². The lowest BCUT2D eigenvalue weighted by atomic mass is 9.88. The summed E-state index contributed by atoms with van der Waals surface area (Å²) >= 11 is 0. The summed E-state index contributed by atoms with van der Waals surface area (Å²) in [5.74, 6) is 1.40. The second kappa shape index (κ2) is 6.83. The summed E-state index contributed by atoms with van der Waals surface area (Å²) in [7, 11) is 4.92. The van der Waals surface area contributed by atoms with Crippen LogP contribution in [0.3, 0.4) is 0 Å². The maximum absolute atomic E-state index is 12.4. The van der Waals surface area contributed by atoms with E-state index in [1.807, 2.05) is 47.4 Å². The zero-order chi connectivity index (χ0) is 17.1. The van der Waals surface area contributed by atoms with Crippen LogP contribution in [0, 0.1) is 0 Å². The molecule has 2 amide bonds. The molecule has 1 atom stereocenters. The second-order valence-corrected chi connectivity index (χ2v) is 5.72. The third-order valence-electron chi connectivity index (χ3n) is 4.46. The molecule has 0 radical (unpaired) electrons. The van der Waals surface area contributed by atoms with Crippen molar-refractivity contribution in [3.8, 4) is 11.5 Å². The number of amides is 2. The van der Waals surface area contributed by atoms with Gasteiger partial charge in [-0.05, 0) is 35.2 Å². The first-order valence-corrected chi connectivity index (χ1v) is 7.97. The van der Waals surface area contributed by atoms with E-state index < -0.39 is 0 Å². The fourth-order valence-corrected chi connectivity index (χ4v) is 3.30. The number of carbonyl (C=O) groups excluding carboxylic acids is 1. The highest BCUT2D eigenvalue weighted by Crippen LogP contribution is 2.40. The van der Waals surface area contributed by atoms with Crippen LogP contribution in [-0.4, -0.2) is 38.7 Å². The molecule has 0 saturated carbocycles. The SMILES string of the molecule is CNC(=O)N1CCc2cc(OC)c(OC)cc2[C@@H]1c1ccccc1. The smallest absolute Gasteiger partial charge is 0.317 e. The van der Waals surface area contributed by atoms with E-state index in [9.17, 15) is 4.79 Å². The van der Waals surface area contributed by atoms with Gasteiger partial charge in [0.15, 0.2) is 11.5 Å². The number of ether oxygens (including phenoxy) is 2. The predicted octanol–water partition coefficient (Wildman–Crippen LogP) is 2.99. The van der Waals surface area contributed by atoms with Crippen LogP contribution in [0.2, 0.25) is 0 Å². The minimum Gasteiger partial charge on any atom is -0.493 e. The van der Waals surface area contributed by atoms with E-state index in [1.165, 1.54) is 5.56 Å². The van der Waals surface area contributed by atoms with E-state index >= 15 is 0 Å². The molecule has 0 aromatic heterocycles. The Hall–Kier alpha value is -2.69. The number of hydrogen-bond donors (Lipinski definition) is 1. The fraction of sp³-hybridized carbons (Fsp3) is 0.316. The molecule has 5 nitrogen and oxygen atoms in total. The zero-order valence-electron chi connectivity index (χ0n) is 14.2. The zero-order valence-corrected chi connectivity index (χ0v) is 14.2. The molecule has 1 aliphatic rings. The molecule has 24 heavy (non-hydrogen) atoms. The van der Waals surface area contributed by atoms with Gasteiger partial charge in [0.05, 0.1) is 20.3 Å². The highest BCUT2D eigenvalue weighted by atomic mass is 16.5. The number of benzene rings is 2. The summed E-state index contributed by atoms with van der Waals surface area (Å²) in [4.78, 5) is 14.3. The van der Waals surface area contributed by atoms with Crippen molar-refractivity contribution in [3.63, 3.8) is 0 Å². The number of urea groups is 1. The van der Waals surface area contributed by atoms with E-state index in [1.54, 1.807) is 21.3 Å². The predicted molar refractivity (Wildman–Crippen MR) is 92.7 cm³/mol. The largest absolute Gasteiger partial charge is 0.493 e. The van der Waals surface area contributed by atoms with E-state index in [0.29, 0.717) is 12.3 Å². The summed E-state index contributed by atoms with van der Waals surface area (Å²) < 4.78 is 10.9. The van der Waals surface area contributed by atoms with E-state index in [-0.39, 0.29) is 12.1 Å². The monoisotopic (exact) mass is 326 g/mol. The van der Waals surface area contributed by atoms with Gasteiger partial charge in [0.1, 0.15) is 0 Å². The molecule has 3 rings (SSSR count). The topological polar surface area (TPSA) is 50.8 Å². The second-order valence-electron chi connectivity index (χ2n) is 5.72. The Kier molecular flexibility index (Phi) is 4.60. The van der Waals surface area contributed by atoms with Crippen molar-refractivity contribution >= 4 is 6.03 Å². The average Bonchev–Trinajstić information content (AvgIpc) is 2.65. The highest BCUT2D eigenvalue weighted by Gasteiger charge is 2.32. The Morgan fingerprint density at radius 3 is 2.42 bits per heavy atom. The molecule has 0 bridgehead atoms. The maximum atomic E-state index is 12.4. The van der Waals surface area contributed by atoms with E-state index in [0.717, 1.165) is 23.3 Å². The molecule has 0 saturated heterocycles. The van der Waals surface area contributed by atoms with Gasteiger partial charge in [0.2, 0.25) is 0 Å². The minimum absolute atomic E-state index is 0.0794. The molecule has 126 valence electrons. The summed E-state index contributed by atoms with van der Waals surface area (Å²) in [6.07, 6.45) is 0.784. The molecule has 1 aliphatic heterocycles. The van der Waals surface area contributed by atoms with Gasteiger partial charge >= 0.3 is 6.03 Å². The number of nitrogens with zero attached hydrogens (tertiary/aromatic N) is 1. The maximum Gasteiger partial charge on any atom is 0.317 e. The molecular weight excluding hydrogens is 304 g/mol. The van der Waals surface area contributed by atoms with Crippen molar-refractivity contribution in [2.75, 3.05) is 27.8 Å². The van der Waals surface area contributed by atoms with Crippen LogP contribution in [0.25, 0.3) is 0 Å². The van der Waals surface area contributed by atoms with Gasteiger partial charge in [-0.25, -0.2) is 4.79 Å². The molecule has 0 unspecified atom stereocenters.